The first-order valence-electron chi connectivity index (χ1n) is 7.24. The zero-order chi connectivity index (χ0) is 14.9. The van der Waals surface area contributed by atoms with Crippen molar-refractivity contribution in [3.8, 4) is 0 Å². The van der Waals surface area contributed by atoms with Crippen molar-refractivity contribution in [2.75, 3.05) is 0 Å². The van der Waals surface area contributed by atoms with E-state index in [0.717, 1.165) is 17.3 Å². The van der Waals surface area contributed by atoms with Crippen LogP contribution < -0.4 is 0 Å². The smallest absolute Gasteiger partial charge is 0.136 e. The quantitative estimate of drug-likeness (QED) is 0.726. The number of halogens is 2. The standard InChI is InChI=1S/C17H22BrFO/c1-17(2,3)13-4-7-16(20)12(9-13)8-11-10-14(18)5-6-15(11)19/h5-6,10,12-13H,4,7-9H2,1-3H3. The van der Waals surface area contributed by atoms with Crippen molar-refractivity contribution in [3.63, 3.8) is 0 Å². The largest absolute Gasteiger partial charge is 0.299 e. The molecule has 0 N–H and O–H groups in total. The number of rotatable bonds is 2. The highest BCUT2D eigenvalue weighted by Gasteiger charge is 2.35. The van der Waals surface area contributed by atoms with Crippen LogP contribution in [0.1, 0.15) is 45.6 Å². The lowest BCUT2D eigenvalue weighted by Gasteiger charge is -2.37. The normalized spacial score (nSPS) is 23.9. The Morgan fingerprint density at radius 2 is 2.05 bits per heavy atom. The Morgan fingerprint density at radius 1 is 1.35 bits per heavy atom. The second-order valence-electron chi connectivity index (χ2n) is 6.94. The van der Waals surface area contributed by atoms with E-state index in [4.69, 9.17) is 0 Å². The molecule has 2 rings (SSSR count). The topological polar surface area (TPSA) is 17.1 Å². The second kappa shape index (κ2) is 5.97. The third kappa shape index (κ3) is 3.69. The molecule has 0 aliphatic heterocycles. The summed E-state index contributed by atoms with van der Waals surface area (Å²) >= 11 is 3.37. The second-order valence-corrected chi connectivity index (χ2v) is 7.86. The third-order valence-corrected chi connectivity index (χ3v) is 4.96. The van der Waals surface area contributed by atoms with E-state index in [0.29, 0.717) is 30.1 Å². The Bertz CT molecular complexity index is 504. The molecule has 3 heteroatoms. The summed E-state index contributed by atoms with van der Waals surface area (Å²) in [6, 6.07) is 4.96. The average molecular weight is 341 g/mol. The number of hydrogen-bond acceptors (Lipinski definition) is 1. The van der Waals surface area contributed by atoms with Crippen LogP contribution in [-0.4, -0.2) is 5.78 Å². The van der Waals surface area contributed by atoms with E-state index in [1.54, 1.807) is 12.1 Å². The van der Waals surface area contributed by atoms with Gasteiger partial charge in [0.1, 0.15) is 11.6 Å². The molecule has 110 valence electrons. The van der Waals surface area contributed by atoms with Crippen LogP contribution in [-0.2, 0) is 11.2 Å². The van der Waals surface area contributed by atoms with Crippen molar-refractivity contribution in [2.45, 2.75) is 46.5 Å². The number of hydrogen-bond donors (Lipinski definition) is 0. The summed E-state index contributed by atoms with van der Waals surface area (Å²) in [5.74, 6) is 0.598. The monoisotopic (exact) mass is 340 g/mol. The summed E-state index contributed by atoms with van der Waals surface area (Å²) in [6.45, 7) is 6.68. The fraction of sp³-hybridized carbons (Fsp3) is 0.588. The van der Waals surface area contributed by atoms with Crippen molar-refractivity contribution >= 4 is 21.7 Å². The lowest BCUT2D eigenvalue weighted by molar-refractivity contribution is -0.126. The Balaban J connectivity index is 2.14. The summed E-state index contributed by atoms with van der Waals surface area (Å²) in [7, 11) is 0. The molecule has 2 unspecified atom stereocenters. The van der Waals surface area contributed by atoms with Gasteiger partial charge in [0.15, 0.2) is 0 Å². The maximum atomic E-state index is 13.9. The molecule has 1 aliphatic carbocycles. The van der Waals surface area contributed by atoms with E-state index in [1.165, 1.54) is 6.07 Å². The number of carbonyl (C=O) groups excluding carboxylic acids is 1. The van der Waals surface area contributed by atoms with Crippen LogP contribution in [0.4, 0.5) is 4.39 Å². The van der Waals surface area contributed by atoms with Gasteiger partial charge in [0, 0.05) is 16.8 Å². The highest BCUT2D eigenvalue weighted by atomic mass is 79.9. The molecule has 1 nitrogen and oxygen atoms in total. The molecule has 0 amide bonds. The third-order valence-electron chi connectivity index (χ3n) is 4.46. The molecule has 20 heavy (non-hydrogen) atoms. The van der Waals surface area contributed by atoms with Gasteiger partial charge in [-0.1, -0.05) is 36.7 Å². The summed E-state index contributed by atoms with van der Waals surface area (Å²) in [4.78, 5) is 12.1. The lowest BCUT2D eigenvalue weighted by atomic mass is 9.67. The maximum absolute atomic E-state index is 13.9. The van der Waals surface area contributed by atoms with Crippen LogP contribution in [0.2, 0.25) is 0 Å². The van der Waals surface area contributed by atoms with Gasteiger partial charge in [0.05, 0.1) is 0 Å². The minimum Gasteiger partial charge on any atom is -0.299 e. The highest BCUT2D eigenvalue weighted by Crippen LogP contribution is 2.40. The van der Waals surface area contributed by atoms with E-state index < -0.39 is 0 Å². The van der Waals surface area contributed by atoms with Crippen LogP contribution in [0, 0.1) is 23.1 Å². The SMILES string of the molecule is CC(C)(C)C1CCC(=O)C(Cc2cc(Br)ccc2F)C1. The van der Waals surface area contributed by atoms with Crippen molar-refractivity contribution in [1.82, 2.24) is 0 Å². The average Bonchev–Trinajstić information content (AvgIpc) is 2.35. The number of ketones is 1. The van der Waals surface area contributed by atoms with E-state index in [-0.39, 0.29) is 17.2 Å². The summed E-state index contributed by atoms with van der Waals surface area (Å²) in [6.07, 6.45) is 3.02. The molecule has 1 aromatic rings. The first-order chi connectivity index (χ1) is 9.27. The Kier molecular flexibility index (Phi) is 4.68. The molecule has 1 aromatic carbocycles. The predicted molar refractivity (Wildman–Crippen MR) is 83.1 cm³/mol. The molecule has 0 aromatic heterocycles. The maximum Gasteiger partial charge on any atom is 0.136 e. The lowest BCUT2D eigenvalue weighted by Crippen LogP contribution is -2.33. The molecule has 1 fully saturated rings. The molecule has 0 saturated heterocycles. The number of carbonyl (C=O) groups is 1. The molecular weight excluding hydrogens is 319 g/mol. The van der Waals surface area contributed by atoms with Crippen LogP contribution in [0.15, 0.2) is 22.7 Å². The van der Waals surface area contributed by atoms with Crippen molar-refractivity contribution in [1.29, 1.82) is 0 Å². The van der Waals surface area contributed by atoms with Crippen LogP contribution in [0.25, 0.3) is 0 Å². The van der Waals surface area contributed by atoms with Gasteiger partial charge in [-0.05, 0) is 54.4 Å². The molecule has 1 saturated carbocycles. The van der Waals surface area contributed by atoms with E-state index in [9.17, 15) is 9.18 Å². The van der Waals surface area contributed by atoms with Crippen molar-refractivity contribution in [3.05, 3.63) is 34.1 Å². The van der Waals surface area contributed by atoms with Crippen molar-refractivity contribution < 1.29 is 9.18 Å². The first-order valence-corrected chi connectivity index (χ1v) is 8.03. The molecular formula is C17H22BrFO. The number of Topliss-reactive ketones (excluding diaryl/α,β-unsaturated/α-hetero) is 1. The molecule has 0 bridgehead atoms. The Labute approximate surface area is 129 Å². The molecule has 1 aliphatic rings. The van der Waals surface area contributed by atoms with Crippen LogP contribution in [0.5, 0.6) is 0 Å². The van der Waals surface area contributed by atoms with Gasteiger partial charge in [0.2, 0.25) is 0 Å². The summed E-state index contributed by atoms with van der Waals surface area (Å²) in [5.41, 5.74) is 0.863. The number of benzene rings is 1. The highest BCUT2D eigenvalue weighted by molar-refractivity contribution is 9.10. The van der Waals surface area contributed by atoms with Gasteiger partial charge < -0.3 is 0 Å². The van der Waals surface area contributed by atoms with E-state index in [1.807, 2.05) is 0 Å². The summed E-state index contributed by atoms with van der Waals surface area (Å²) < 4.78 is 14.7. The molecule has 0 spiro atoms. The zero-order valence-electron chi connectivity index (χ0n) is 12.4. The predicted octanol–water partition coefficient (Wildman–Crippen LogP) is 5.16. The van der Waals surface area contributed by atoms with Crippen molar-refractivity contribution in [2.24, 2.45) is 17.3 Å². The minimum atomic E-state index is -0.209. The van der Waals surface area contributed by atoms with E-state index >= 15 is 0 Å². The van der Waals surface area contributed by atoms with Gasteiger partial charge in [-0.3, -0.25) is 4.79 Å². The van der Waals surface area contributed by atoms with Gasteiger partial charge in [0.25, 0.3) is 0 Å². The van der Waals surface area contributed by atoms with Gasteiger partial charge in [-0.2, -0.15) is 0 Å². The summed E-state index contributed by atoms with van der Waals surface area (Å²) in [5, 5.41) is 0. The fourth-order valence-corrected chi connectivity index (χ4v) is 3.47. The van der Waals surface area contributed by atoms with Crippen LogP contribution >= 0.6 is 15.9 Å². The zero-order valence-corrected chi connectivity index (χ0v) is 14.0. The Morgan fingerprint density at radius 3 is 2.70 bits per heavy atom. The van der Waals surface area contributed by atoms with Crippen LogP contribution in [0.3, 0.4) is 0 Å². The van der Waals surface area contributed by atoms with Gasteiger partial charge >= 0.3 is 0 Å². The molecule has 2 atom stereocenters. The fourth-order valence-electron chi connectivity index (χ4n) is 3.06. The Hall–Kier alpha value is -0.700. The van der Waals surface area contributed by atoms with E-state index in [2.05, 4.69) is 36.7 Å². The van der Waals surface area contributed by atoms with Gasteiger partial charge in [-0.25, -0.2) is 4.39 Å². The van der Waals surface area contributed by atoms with Gasteiger partial charge in [-0.15, -0.1) is 0 Å². The molecule has 0 heterocycles. The first kappa shape index (κ1) is 15.7. The minimum absolute atomic E-state index is 0.0308. The molecule has 0 radical (unpaired) electrons.